The zero-order chi connectivity index (χ0) is 25.2. The van der Waals surface area contributed by atoms with Gasteiger partial charge >= 0.3 is 4.87 Å². The average molecular weight is 511 g/mol. The van der Waals surface area contributed by atoms with Crippen molar-refractivity contribution in [3.05, 3.63) is 63.3 Å². The zero-order valence-corrected chi connectivity index (χ0v) is 21.7. The highest BCUT2D eigenvalue weighted by Crippen LogP contribution is 2.28. The number of hydrogen-bond acceptors (Lipinski definition) is 6. The van der Waals surface area contributed by atoms with Crippen LogP contribution in [0.25, 0.3) is 10.2 Å². The Bertz CT molecular complexity index is 1150. The first kappa shape index (κ1) is 26.4. The highest BCUT2D eigenvalue weighted by Gasteiger charge is 2.24. The molecule has 0 unspecified atom stereocenters. The maximum Gasteiger partial charge on any atom is 0.305 e. The van der Waals surface area contributed by atoms with Gasteiger partial charge in [-0.1, -0.05) is 67.0 Å². The number of aromatic hydroxyl groups is 1. The van der Waals surface area contributed by atoms with Crippen molar-refractivity contribution in [1.82, 2.24) is 20.5 Å². The summed E-state index contributed by atoms with van der Waals surface area (Å²) < 4.78 is 0.820. The minimum Gasteiger partial charge on any atom is -0.506 e. The zero-order valence-electron chi connectivity index (χ0n) is 20.9. The first-order chi connectivity index (χ1) is 17.6. The average Bonchev–Trinajstić information content (AvgIpc) is 3.30. The lowest BCUT2D eigenvalue weighted by Crippen LogP contribution is -2.45. The molecule has 1 aliphatic carbocycles. The molecule has 8 heteroatoms. The molecule has 1 saturated carbocycles. The molecular weight excluding hydrogens is 472 g/mol. The lowest BCUT2D eigenvalue weighted by atomic mass is 9.94. The van der Waals surface area contributed by atoms with Crippen LogP contribution in [0.5, 0.6) is 5.75 Å². The molecule has 3 aromatic rings. The fourth-order valence-corrected chi connectivity index (χ4v) is 5.96. The summed E-state index contributed by atoms with van der Waals surface area (Å²) in [5.74, 6) is 0.351. The summed E-state index contributed by atoms with van der Waals surface area (Å²) in [6, 6.07) is 14.3. The van der Waals surface area contributed by atoms with E-state index in [1.54, 1.807) is 6.07 Å². The third-order valence-corrected chi connectivity index (χ3v) is 7.98. The van der Waals surface area contributed by atoms with Crippen LogP contribution >= 0.6 is 11.3 Å². The molecule has 7 nitrogen and oxygen atoms in total. The number of hydrogen-bond donors (Lipinski definition) is 4. The van der Waals surface area contributed by atoms with E-state index in [0.29, 0.717) is 24.5 Å². The van der Waals surface area contributed by atoms with Gasteiger partial charge in [-0.25, -0.2) is 0 Å². The normalized spacial score (nSPS) is 14.3. The second-order valence-corrected chi connectivity index (χ2v) is 10.6. The van der Waals surface area contributed by atoms with Gasteiger partial charge in [0.2, 0.25) is 5.91 Å². The second-order valence-electron chi connectivity index (χ2n) is 9.58. The molecule has 2 aromatic carbocycles. The third-order valence-electron chi connectivity index (χ3n) is 7.02. The van der Waals surface area contributed by atoms with Gasteiger partial charge in [0.05, 0.1) is 4.70 Å². The van der Waals surface area contributed by atoms with Gasteiger partial charge in [-0.3, -0.25) is 9.59 Å². The van der Waals surface area contributed by atoms with Crippen LogP contribution in [0, 0.1) is 0 Å². The smallest absolute Gasteiger partial charge is 0.305 e. The van der Waals surface area contributed by atoms with Crippen LogP contribution in [0.3, 0.4) is 0 Å². The summed E-state index contributed by atoms with van der Waals surface area (Å²) in [7, 11) is 0. The number of phenolic OH excluding ortho intramolecular Hbond substituents is 1. The van der Waals surface area contributed by atoms with Crippen molar-refractivity contribution < 1.29 is 9.90 Å². The summed E-state index contributed by atoms with van der Waals surface area (Å²) >= 11 is 1.14. The molecule has 4 N–H and O–H groups in total. The molecule has 0 bridgehead atoms. The Morgan fingerprint density at radius 1 is 0.972 bits per heavy atom. The van der Waals surface area contributed by atoms with E-state index < -0.39 is 0 Å². The van der Waals surface area contributed by atoms with Gasteiger partial charge in [0, 0.05) is 32.1 Å². The van der Waals surface area contributed by atoms with E-state index in [1.807, 2.05) is 12.1 Å². The Balaban J connectivity index is 1.22. The molecule has 1 fully saturated rings. The third kappa shape index (κ3) is 7.41. The van der Waals surface area contributed by atoms with E-state index in [0.717, 1.165) is 73.5 Å². The fraction of sp³-hybridized carbons (Fsp3) is 0.500. The largest absolute Gasteiger partial charge is 0.506 e. The summed E-state index contributed by atoms with van der Waals surface area (Å²) in [6.45, 7) is 3.80. The van der Waals surface area contributed by atoms with E-state index >= 15 is 0 Å². The Hall–Kier alpha value is -2.68. The van der Waals surface area contributed by atoms with Crippen LogP contribution in [-0.2, 0) is 17.6 Å². The van der Waals surface area contributed by atoms with Crippen molar-refractivity contribution in [3.8, 4) is 5.75 Å². The van der Waals surface area contributed by atoms with Gasteiger partial charge < -0.3 is 25.6 Å². The van der Waals surface area contributed by atoms with Crippen LogP contribution < -0.4 is 15.5 Å². The standard InChI is InChI=1S/C28H38N4O3S/c33-24-12-11-22(27-26(24)31-28(35)36-27)14-17-30-19-20-32(23-9-5-2-6-10-23)25(34)15-18-29-16-13-21-7-3-1-4-8-21/h1,3-4,7-8,11-12,23,29-30,33H,2,5-6,9-10,13-20H2,(H,31,35). The number of carbonyl (C=O) groups excluding carboxylic acids is 1. The van der Waals surface area contributed by atoms with E-state index in [2.05, 4.69) is 44.8 Å². The minimum atomic E-state index is -0.156. The van der Waals surface area contributed by atoms with Crippen LogP contribution in [-0.4, -0.2) is 59.7 Å². The molecule has 1 aromatic heterocycles. The first-order valence-corrected chi connectivity index (χ1v) is 14.0. The van der Waals surface area contributed by atoms with E-state index in [1.165, 1.54) is 24.8 Å². The number of carbonyl (C=O) groups is 1. The van der Waals surface area contributed by atoms with Gasteiger partial charge in [0.1, 0.15) is 11.3 Å². The number of aromatic amines is 1. The molecule has 0 radical (unpaired) electrons. The highest BCUT2D eigenvalue weighted by atomic mass is 32.1. The fourth-order valence-electron chi connectivity index (χ4n) is 5.06. The summed E-state index contributed by atoms with van der Waals surface area (Å²) in [4.78, 5) is 29.5. The quantitative estimate of drug-likeness (QED) is 0.262. The SMILES string of the molecule is O=C(CCNCCc1ccccc1)N(CCNCCc1ccc(O)c2[nH]c(=O)sc12)C1CCCCC1. The number of nitrogens with zero attached hydrogens (tertiary/aromatic N) is 1. The molecule has 0 spiro atoms. The summed E-state index contributed by atoms with van der Waals surface area (Å²) in [5.41, 5.74) is 2.87. The van der Waals surface area contributed by atoms with Crippen molar-refractivity contribution in [1.29, 1.82) is 0 Å². The number of amides is 1. The van der Waals surface area contributed by atoms with Crippen LogP contribution in [0.2, 0.25) is 0 Å². The molecule has 0 saturated heterocycles. The summed E-state index contributed by atoms with van der Waals surface area (Å²) in [5, 5.41) is 16.9. The molecule has 4 rings (SSSR count). The second kappa shape index (κ2) is 13.6. The number of aromatic nitrogens is 1. The van der Waals surface area contributed by atoms with Crippen molar-refractivity contribution in [2.24, 2.45) is 0 Å². The topological polar surface area (TPSA) is 97.5 Å². The number of fused-ring (bicyclic) bond motifs is 1. The lowest BCUT2D eigenvalue weighted by molar-refractivity contribution is -0.134. The Labute approximate surface area is 216 Å². The van der Waals surface area contributed by atoms with E-state index in [-0.39, 0.29) is 16.5 Å². The monoisotopic (exact) mass is 510 g/mol. The van der Waals surface area contributed by atoms with Gasteiger partial charge in [-0.05, 0) is 56.0 Å². The van der Waals surface area contributed by atoms with E-state index in [4.69, 9.17) is 0 Å². The van der Waals surface area contributed by atoms with Crippen LogP contribution in [0.15, 0.2) is 47.3 Å². The van der Waals surface area contributed by atoms with Gasteiger partial charge in [0.15, 0.2) is 0 Å². The Morgan fingerprint density at radius 2 is 1.72 bits per heavy atom. The highest BCUT2D eigenvalue weighted by molar-refractivity contribution is 7.16. The minimum absolute atomic E-state index is 0.108. The van der Waals surface area contributed by atoms with Crippen LogP contribution in [0.1, 0.15) is 49.7 Å². The predicted molar refractivity (Wildman–Crippen MR) is 147 cm³/mol. The predicted octanol–water partition coefficient (Wildman–Crippen LogP) is 3.81. The van der Waals surface area contributed by atoms with Crippen molar-refractivity contribution in [3.63, 3.8) is 0 Å². The van der Waals surface area contributed by atoms with Crippen molar-refractivity contribution in [2.45, 2.75) is 57.4 Å². The van der Waals surface area contributed by atoms with Gasteiger partial charge in [-0.2, -0.15) is 0 Å². The molecule has 1 amide bonds. The molecule has 36 heavy (non-hydrogen) atoms. The molecule has 1 heterocycles. The Kier molecular flexibility index (Phi) is 9.95. The van der Waals surface area contributed by atoms with Gasteiger partial charge in [0.25, 0.3) is 0 Å². The number of rotatable bonds is 13. The number of benzene rings is 2. The summed E-state index contributed by atoms with van der Waals surface area (Å²) in [6.07, 6.45) is 8.14. The molecule has 1 aliphatic rings. The number of nitrogens with one attached hydrogen (secondary N) is 3. The number of thiazole rings is 1. The maximum absolute atomic E-state index is 13.1. The van der Waals surface area contributed by atoms with Crippen molar-refractivity contribution >= 4 is 27.5 Å². The first-order valence-electron chi connectivity index (χ1n) is 13.2. The van der Waals surface area contributed by atoms with Crippen LogP contribution in [0.4, 0.5) is 0 Å². The number of H-pyrrole nitrogens is 1. The van der Waals surface area contributed by atoms with E-state index in [9.17, 15) is 14.7 Å². The molecule has 0 aliphatic heterocycles. The van der Waals surface area contributed by atoms with Gasteiger partial charge in [-0.15, -0.1) is 0 Å². The Morgan fingerprint density at radius 3 is 2.53 bits per heavy atom. The van der Waals surface area contributed by atoms with Crippen molar-refractivity contribution in [2.75, 3.05) is 32.7 Å². The molecule has 194 valence electrons. The maximum atomic E-state index is 13.1. The molecule has 0 atom stereocenters. The molecular formula is C28H38N4O3S. The number of phenols is 1. The lowest BCUT2D eigenvalue weighted by Gasteiger charge is -2.34.